The van der Waals surface area contributed by atoms with Crippen LogP contribution in [0.15, 0.2) is 0 Å². The molecule has 0 atom stereocenters. The number of carbonyl (C=O) groups is 1. The van der Waals surface area contributed by atoms with Gasteiger partial charge in [-0.1, -0.05) is 12.8 Å². The van der Waals surface area contributed by atoms with Gasteiger partial charge in [0.1, 0.15) is 0 Å². The summed E-state index contributed by atoms with van der Waals surface area (Å²) in [6.45, 7) is 5.25. The standard InChI is InChI=1S/C10H17O5P/c1-4-7-8-9-13-10(11)16(12,14-5-2)15-6-3/h4-6,9H2,1-3H3. The Kier molecular flexibility index (Phi) is 7.92. The smallest absolute Gasteiger partial charge is 0.438 e. The molecule has 92 valence electrons. The van der Waals surface area contributed by atoms with Gasteiger partial charge in [0.15, 0.2) is 6.61 Å². The van der Waals surface area contributed by atoms with E-state index in [0.717, 1.165) is 0 Å². The third kappa shape index (κ3) is 5.32. The van der Waals surface area contributed by atoms with Gasteiger partial charge in [0.05, 0.1) is 13.2 Å². The van der Waals surface area contributed by atoms with Crippen molar-refractivity contribution in [1.29, 1.82) is 0 Å². The summed E-state index contributed by atoms with van der Waals surface area (Å²) in [6.07, 6.45) is 0.673. The van der Waals surface area contributed by atoms with Crippen molar-refractivity contribution in [3.8, 4) is 11.8 Å². The van der Waals surface area contributed by atoms with E-state index in [1.54, 1.807) is 13.8 Å². The van der Waals surface area contributed by atoms with Crippen molar-refractivity contribution in [2.24, 2.45) is 0 Å². The fraction of sp³-hybridized carbons (Fsp3) is 0.700. The fourth-order valence-corrected chi connectivity index (χ4v) is 2.02. The molecule has 0 unspecified atom stereocenters. The monoisotopic (exact) mass is 248 g/mol. The van der Waals surface area contributed by atoms with Crippen LogP contribution in [0.3, 0.4) is 0 Å². The lowest BCUT2D eigenvalue weighted by Crippen LogP contribution is -2.09. The van der Waals surface area contributed by atoms with Crippen LogP contribution in [0.5, 0.6) is 0 Å². The van der Waals surface area contributed by atoms with Crippen molar-refractivity contribution >= 4 is 13.3 Å². The van der Waals surface area contributed by atoms with E-state index in [0.29, 0.717) is 6.42 Å². The topological polar surface area (TPSA) is 61.8 Å². The highest BCUT2D eigenvalue weighted by atomic mass is 31.2. The molecule has 0 aliphatic rings. The molecule has 0 aliphatic heterocycles. The Hall–Kier alpha value is -0.820. The van der Waals surface area contributed by atoms with E-state index >= 15 is 0 Å². The minimum Gasteiger partial charge on any atom is -0.443 e. The first kappa shape index (κ1) is 15.2. The molecule has 5 nitrogen and oxygen atoms in total. The second kappa shape index (κ2) is 8.35. The highest BCUT2D eigenvalue weighted by Crippen LogP contribution is 2.49. The van der Waals surface area contributed by atoms with Crippen LogP contribution in [0.2, 0.25) is 0 Å². The lowest BCUT2D eigenvalue weighted by atomic mass is 10.5. The molecule has 0 bridgehead atoms. The van der Waals surface area contributed by atoms with Crippen molar-refractivity contribution in [3.63, 3.8) is 0 Å². The summed E-state index contributed by atoms with van der Waals surface area (Å²) in [5.74, 6) is 5.32. The van der Waals surface area contributed by atoms with E-state index in [4.69, 9.17) is 9.05 Å². The van der Waals surface area contributed by atoms with Gasteiger partial charge < -0.3 is 13.8 Å². The maximum Gasteiger partial charge on any atom is 0.438 e. The van der Waals surface area contributed by atoms with Gasteiger partial charge in [-0.3, -0.25) is 0 Å². The Bertz CT molecular complexity index is 305. The van der Waals surface area contributed by atoms with Crippen molar-refractivity contribution < 1.29 is 23.1 Å². The molecule has 0 rings (SSSR count). The lowest BCUT2D eigenvalue weighted by Gasteiger charge is -2.14. The van der Waals surface area contributed by atoms with E-state index in [2.05, 4.69) is 16.6 Å². The first-order valence-electron chi connectivity index (χ1n) is 5.12. The van der Waals surface area contributed by atoms with Gasteiger partial charge in [-0.05, 0) is 13.8 Å². The summed E-state index contributed by atoms with van der Waals surface area (Å²) in [5, 5.41) is 0. The molecular weight excluding hydrogens is 231 g/mol. The van der Waals surface area contributed by atoms with Crippen LogP contribution in [0.1, 0.15) is 27.2 Å². The third-order valence-electron chi connectivity index (χ3n) is 1.39. The molecule has 0 aliphatic carbocycles. The summed E-state index contributed by atoms with van der Waals surface area (Å²) >= 11 is 0. The largest absolute Gasteiger partial charge is 0.443 e. The second-order valence-corrected chi connectivity index (χ2v) is 4.47. The molecule has 0 amide bonds. The molecule has 0 spiro atoms. The van der Waals surface area contributed by atoms with E-state index in [1.807, 2.05) is 6.92 Å². The molecule has 0 aromatic rings. The van der Waals surface area contributed by atoms with Crippen LogP contribution < -0.4 is 0 Å². The Morgan fingerprint density at radius 2 is 1.69 bits per heavy atom. The van der Waals surface area contributed by atoms with Crippen LogP contribution in [-0.4, -0.2) is 25.5 Å². The zero-order valence-electron chi connectivity index (χ0n) is 9.82. The van der Waals surface area contributed by atoms with Gasteiger partial charge in [-0.15, -0.1) is 5.92 Å². The zero-order valence-corrected chi connectivity index (χ0v) is 10.7. The molecule has 0 fully saturated rings. The second-order valence-electron chi connectivity index (χ2n) is 2.59. The number of ether oxygens (including phenoxy) is 1. The SMILES string of the molecule is CCC#CCOC(=O)P(=O)(OCC)OCC. The van der Waals surface area contributed by atoms with Crippen LogP contribution >= 0.6 is 7.60 Å². The molecule has 0 aromatic heterocycles. The minimum atomic E-state index is -3.79. The van der Waals surface area contributed by atoms with E-state index in [-0.39, 0.29) is 19.8 Å². The van der Waals surface area contributed by atoms with Crippen molar-refractivity contribution in [1.82, 2.24) is 0 Å². The summed E-state index contributed by atoms with van der Waals surface area (Å²) in [5.41, 5.74) is -0.985. The molecule has 16 heavy (non-hydrogen) atoms. The number of hydrogen-bond acceptors (Lipinski definition) is 5. The van der Waals surface area contributed by atoms with Gasteiger partial charge >= 0.3 is 13.3 Å². The van der Waals surface area contributed by atoms with Crippen molar-refractivity contribution in [2.75, 3.05) is 19.8 Å². The predicted molar refractivity (Wildman–Crippen MR) is 60.3 cm³/mol. The lowest BCUT2D eigenvalue weighted by molar-refractivity contribution is 0.159. The van der Waals surface area contributed by atoms with Crippen LogP contribution in [0.25, 0.3) is 0 Å². The maximum atomic E-state index is 11.8. The minimum absolute atomic E-state index is 0.100. The highest BCUT2D eigenvalue weighted by molar-refractivity contribution is 7.71. The zero-order chi connectivity index (χ0) is 12.4. The van der Waals surface area contributed by atoms with Gasteiger partial charge in [0.25, 0.3) is 0 Å². The first-order chi connectivity index (χ1) is 7.60. The average Bonchev–Trinajstić information content (AvgIpc) is 2.24. The third-order valence-corrected chi connectivity index (χ3v) is 3.16. The van der Waals surface area contributed by atoms with Crippen molar-refractivity contribution in [2.45, 2.75) is 27.2 Å². The molecule has 0 aromatic carbocycles. The Morgan fingerprint density at radius 1 is 1.12 bits per heavy atom. The normalized spacial score (nSPS) is 10.4. The molecule has 0 N–H and O–H groups in total. The van der Waals surface area contributed by atoms with Crippen LogP contribution in [-0.2, 0) is 18.3 Å². The predicted octanol–water partition coefficient (Wildman–Crippen LogP) is 2.80. The van der Waals surface area contributed by atoms with E-state index < -0.39 is 13.3 Å². The molecule has 0 saturated carbocycles. The molecule has 0 heterocycles. The van der Waals surface area contributed by atoms with E-state index in [9.17, 15) is 9.36 Å². The Morgan fingerprint density at radius 3 is 2.12 bits per heavy atom. The highest BCUT2D eigenvalue weighted by Gasteiger charge is 2.36. The maximum absolute atomic E-state index is 11.8. The van der Waals surface area contributed by atoms with E-state index in [1.165, 1.54) is 0 Å². The first-order valence-corrected chi connectivity index (χ1v) is 6.67. The van der Waals surface area contributed by atoms with Crippen LogP contribution in [0.4, 0.5) is 4.79 Å². The van der Waals surface area contributed by atoms with Gasteiger partial charge in [-0.25, -0.2) is 9.36 Å². The van der Waals surface area contributed by atoms with Gasteiger partial charge in [0.2, 0.25) is 0 Å². The van der Waals surface area contributed by atoms with Crippen LogP contribution in [0, 0.1) is 11.8 Å². The summed E-state index contributed by atoms with van der Waals surface area (Å²) in [6, 6.07) is 0. The summed E-state index contributed by atoms with van der Waals surface area (Å²) in [4.78, 5) is 11.4. The summed E-state index contributed by atoms with van der Waals surface area (Å²) < 4.78 is 26.1. The average molecular weight is 248 g/mol. The fourth-order valence-electron chi connectivity index (χ4n) is 0.836. The molecule has 6 heteroatoms. The Balaban J connectivity index is 4.33. The number of hydrogen-bond donors (Lipinski definition) is 0. The summed E-state index contributed by atoms with van der Waals surface area (Å²) in [7, 11) is -3.79. The molecular formula is C10H17O5P. The number of carbonyl (C=O) groups excluding carboxylic acids is 1. The molecule has 0 saturated heterocycles. The molecule has 0 radical (unpaired) electrons. The van der Waals surface area contributed by atoms with Gasteiger partial charge in [-0.2, -0.15) is 0 Å². The number of rotatable bonds is 6. The quantitative estimate of drug-likeness (QED) is 0.534. The Labute approximate surface area is 96.0 Å². The van der Waals surface area contributed by atoms with Crippen molar-refractivity contribution in [3.05, 3.63) is 0 Å². The van der Waals surface area contributed by atoms with Gasteiger partial charge in [0, 0.05) is 6.42 Å².